The quantitative estimate of drug-likeness (QED) is 0.107. The normalized spacial score (nSPS) is 12.7. The molecule has 0 fully saturated rings. The van der Waals surface area contributed by atoms with Gasteiger partial charge in [-0.3, -0.25) is 19.4 Å². The minimum absolute atomic E-state index is 0.0257. The van der Waals surface area contributed by atoms with Crippen molar-refractivity contribution < 1.29 is 44.1 Å². The third-order valence-electron chi connectivity index (χ3n) is 7.17. The Morgan fingerprint density at radius 2 is 1.43 bits per heavy atom. The number of unbranched alkanes of at least 4 members (excludes halogenated alkanes) is 1. The average molecular weight is 636 g/mol. The van der Waals surface area contributed by atoms with Crippen LogP contribution in [-0.2, 0) is 25.6 Å². The molecule has 0 saturated heterocycles. The number of benzene rings is 2. The van der Waals surface area contributed by atoms with E-state index in [1.165, 1.54) is 6.20 Å². The summed E-state index contributed by atoms with van der Waals surface area (Å²) in [6.07, 6.45) is 1.35. The molecule has 3 aromatic rings. The first kappa shape index (κ1) is 35.0. The second-order valence-corrected chi connectivity index (χ2v) is 10.7. The molecule has 3 atom stereocenters. The summed E-state index contributed by atoms with van der Waals surface area (Å²) in [6.45, 7) is 1.95. The molecule has 0 spiro atoms. The highest BCUT2D eigenvalue weighted by atomic mass is 16.4. The molecule has 3 rings (SSSR count). The number of aryl methyl sites for hydroxylation is 1. The molecule has 7 N–H and O–H groups in total. The molecule has 0 aliphatic rings. The average Bonchev–Trinajstić information content (AvgIpc) is 3.01. The molecule has 4 amide bonds. The zero-order chi connectivity index (χ0) is 33.6. The number of carboxylic acid groups (broad SMARTS) is 3. The Kier molecular flexibility index (Phi) is 13.0. The second kappa shape index (κ2) is 17.1. The topological polar surface area (TPSA) is 224 Å². The van der Waals surface area contributed by atoms with Gasteiger partial charge in [-0.1, -0.05) is 42.5 Å². The highest BCUT2D eigenvalue weighted by Gasteiger charge is 2.26. The van der Waals surface area contributed by atoms with Crippen molar-refractivity contribution in [2.24, 2.45) is 0 Å². The van der Waals surface area contributed by atoms with Crippen LogP contribution in [-0.4, -0.2) is 80.7 Å². The number of pyridine rings is 1. The summed E-state index contributed by atoms with van der Waals surface area (Å²) in [5.74, 6) is -4.94. The van der Waals surface area contributed by atoms with Crippen LogP contribution >= 0.6 is 0 Å². The maximum absolute atomic E-state index is 13.3. The lowest BCUT2D eigenvalue weighted by Crippen LogP contribution is -2.51. The van der Waals surface area contributed by atoms with Crippen LogP contribution in [0.15, 0.2) is 60.8 Å². The molecule has 0 aliphatic heterocycles. The third-order valence-corrected chi connectivity index (χ3v) is 7.17. The van der Waals surface area contributed by atoms with E-state index in [0.717, 1.165) is 22.0 Å². The molecule has 0 bridgehead atoms. The summed E-state index contributed by atoms with van der Waals surface area (Å²) >= 11 is 0. The van der Waals surface area contributed by atoms with Gasteiger partial charge >= 0.3 is 23.9 Å². The van der Waals surface area contributed by atoms with Gasteiger partial charge in [-0.25, -0.2) is 14.4 Å². The molecule has 14 heteroatoms. The molecule has 244 valence electrons. The van der Waals surface area contributed by atoms with E-state index in [0.29, 0.717) is 12.0 Å². The van der Waals surface area contributed by atoms with Crippen molar-refractivity contribution >= 4 is 46.5 Å². The minimum Gasteiger partial charge on any atom is -0.481 e. The van der Waals surface area contributed by atoms with E-state index in [1.54, 1.807) is 19.1 Å². The first-order chi connectivity index (χ1) is 21.9. The minimum atomic E-state index is -1.51. The van der Waals surface area contributed by atoms with Crippen molar-refractivity contribution in [3.8, 4) is 0 Å². The SMILES string of the molecule is Cc1ccc(C(=O)NC(Cc2cccc3ccccc23)C(=O)NCCCC[C@H](NC(=O)N[C@@H](CCC(=O)O)C(=O)O)C(=O)O)cn1. The lowest BCUT2D eigenvalue weighted by Gasteiger charge is -2.20. The fourth-order valence-electron chi connectivity index (χ4n) is 4.69. The molecule has 0 aliphatic carbocycles. The number of aliphatic carboxylic acids is 3. The maximum Gasteiger partial charge on any atom is 0.326 e. The van der Waals surface area contributed by atoms with Crippen LogP contribution in [0.4, 0.5) is 4.79 Å². The van der Waals surface area contributed by atoms with Crippen molar-refractivity contribution in [3.63, 3.8) is 0 Å². The van der Waals surface area contributed by atoms with E-state index in [4.69, 9.17) is 5.11 Å². The Hall–Kier alpha value is -5.53. The van der Waals surface area contributed by atoms with Gasteiger partial charge in [0, 0.05) is 31.3 Å². The van der Waals surface area contributed by atoms with Crippen molar-refractivity contribution in [2.75, 3.05) is 6.54 Å². The Morgan fingerprint density at radius 3 is 2.09 bits per heavy atom. The van der Waals surface area contributed by atoms with Gasteiger partial charge in [-0.05, 0) is 61.1 Å². The van der Waals surface area contributed by atoms with Crippen LogP contribution in [0.2, 0.25) is 0 Å². The number of carbonyl (C=O) groups is 6. The number of fused-ring (bicyclic) bond motifs is 1. The number of urea groups is 1. The van der Waals surface area contributed by atoms with Gasteiger partial charge in [0.15, 0.2) is 0 Å². The molecular weight excluding hydrogens is 598 g/mol. The predicted molar refractivity (Wildman–Crippen MR) is 166 cm³/mol. The van der Waals surface area contributed by atoms with Gasteiger partial charge in [-0.15, -0.1) is 0 Å². The van der Waals surface area contributed by atoms with E-state index in [2.05, 4.69) is 26.3 Å². The highest BCUT2D eigenvalue weighted by molar-refractivity contribution is 5.97. The summed E-state index contributed by atoms with van der Waals surface area (Å²) < 4.78 is 0. The first-order valence-electron chi connectivity index (χ1n) is 14.7. The van der Waals surface area contributed by atoms with Gasteiger partial charge in [-0.2, -0.15) is 0 Å². The van der Waals surface area contributed by atoms with E-state index in [-0.39, 0.29) is 32.2 Å². The standard InChI is InChI=1S/C32H37N5O9/c1-19-12-13-22(18-34-19)28(40)35-26(17-21-9-6-8-20-7-2-3-10-23(20)21)29(41)33-16-5-4-11-24(30(42)43)36-32(46)37-25(31(44)45)14-15-27(38)39/h2-3,6-10,12-13,18,24-26H,4-5,11,14-17H2,1H3,(H,33,41)(H,35,40)(H,38,39)(H,42,43)(H,44,45)(H2,36,37,46)/t24-,25-,26?/m0/s1. The van der Waals surface area contributed by atoms with Gasteiger partial charge in [0.1, 0.15) is 18.1 Å². The molecule has 14 nitrogen and oxygen atoms in total. The predicted octanol–water partition coefficient (Wildman–Crippen LogP) is 2.24. The fraction of sp³-hybridized carbons (Fsp3) is 0.344. The van der Waals surface area contributed by atoms with E-state index < -0.39 is 60.3 Å². The molecule has 1 unspecified atom stereocenters. The molecule has 1 heterocycles. The Balaban J connectivity index is 1.58. The highest BCUT2D eigenvalue weighted by Crippen LogP contribution is 2.20. The van der Waals surface area contributed by atoms with Gasteiger partial charge < -0.3 is 36.6 Å². The summed E-state index contributed by atoms with van der Waals surface area (Å²) in [7, 11) is 0. The zero-order valence-corrected chi connectivity index (χ0v) is 25.2. The van der Waals surface area contributed by atoms with Crippen LogP contribution < -0.4 is 21.3 Å². The number of aromatic nitrogens is 1. The number of nitrogens with zero attached hydrogens (tertiary/aromatic N) is 1. The number of carboxylic acids is 3. The van der Waals surface area contributed by atoms with Crippen molar-refractivity contribution in [1.29, 1.82) is 0 Å². The number of hydrogen-bond donors (Lipinski definition) is 7. The largest absolute Gasteiger partial charge is 0.481 e. The first-order valence-corrected chi connectivity index (χ1v) is 14.7. The molecule has 1 aromatic heterocycles. The molecule has 46 heavy (non-hydrogen) atoms. The van der Waals surface area contributed by atoms with Crippen LogP contribution in [0.5, 0.6) is 0 Å². The molecule has 0 radical (unpaired) electrons. The number of rotatable bonds is 17. The number of nitrogens with one attached hydrogen (secondary N) is 4. The van der Waals surface area contributed by atoms with E-state index in [9.17, 15) is 39.0 Å². The summed E-state index contributed by atoms with van der Waals surface area (Å²) in [5.41, 5.74) is 1.90. The summed E-state index contributed by atoms with van der Waals surface area (Å²) in [6, 6.07) is 11.9. The van der Waals surface area contributed by atoms with Gasteiger partial charge in [0.05, 0.1) is 5.56 Å². The van der Waals surface area contributed by atoms with Crippen LogP contribution in [0, 0.1) is 6.92 Å². The summed E-state index contributed by atoms with van der Waals surface area (Å²) in [5, 5.41) is 39.3. The fourth-order valence-corrected chi connectivity index (χ4v) is 4.69. The van der Waals surface area contributed by atoms with Crippen LogP contribution in [0.25, 0.3) is 10.8 Å². The van der Waals surface area contributed by atoms with E-state index in [1.807, 2.05) is 42.5 Å². The number of amides is 4. The molecular formula is C32H37N5O9. The van der Waals surface area contributed by atoms with Crippen LogP contribution in [0.1, 0.15) is 53.7 Å². The maximum atomic E-state index is 13.3. The lowest BCUT2D eigenvalue weighted by molar-refractivity contribution is -0.140. The summed E-state index contributed by atoms with van der Waals surface area (Å²) in [4.78, 5) is 76.4. The van der Waals surface area contributed by atoms with Crippen molar-refractivity contribution in [1.82, 2.24) is 26.3 Å². The monoisotopic (exact) mass is 635 g/mol. The molecule has 0 saturated carbocycles. The van der Waals surface area contributed by atoms with E-state index >= 15 is 0 Å². The zero-order valence-electron chi connectivity index (χ0n) is 25.2. The molecule has 2 aromatic carbocycles. The second-order valence-electron chi connectivity index (χ2n) is 10.7. The van der Waals surface area contributed by atoms with Gasteiger partial charge in [0.2, 0.25) is 5.91 Å². The number of hydrogen-bond acceptors (Lipinski definition) is 7. The Bertz CT molecular complexity index is 1560. The van der Waals surface area contributed by atoms with Gasteiger partial charge in [0.25, 0.3) is 5.91 Å². The van der Waals surface area contributed by atoms with Crippen LogP contribution in [0.3, 0.4) is 0 Å². The Morgan fingerprint density at radius 1 is 0.761 bits per heavy atom. The Labute approximate surface area is 264 Å². The lowest BCUT2D eigenvalue weighted by atomic mass is 9.98. The number of carbonyl (C=O) groups excluding carboxylic acids is 3. The third kappa shape index (κ3) is 10.9. The van der Waals surface area contributed by atoms with Crippen molar-refractivity contribution in [2.45, 2.75) is 63.6 Å². The smallest absolute Gasteiger partial charge is 0.326 e. The van der Waals surface area contributed by atoms with Crippen molar-refractivity contribution in [3.05, 3.63) is 77.6 Å².